The molecule has 0 aliphatic heterocycles. The standard InChI is InChI=1S/C14H19Cl2NO2/c1-5-12(17-14(2,3)13(18)19-4)9-6-7-10(15)11(16)8-9/h6-8,12,17H,5H2,1-4H3. The SMILES string of the molecule is CCC(NC(C)(C)C(=O)OC)c1ccc(Cl)c(Cl)c1. The molecule has 0 radical (unpaired) electrons. The average Bonchev–Trinajstić information content (AvgIpc) is 2.38. The van der Waals surface area contributed by atoms with Crippen LogP contribution >= 0.6 is 23.2 Å². The minimum Gasteiger partial charge on any atom is -0.468 e. The third-order valence-electron chi connectivity index (χ3n) is 2.99. The second kappa shape index (κ2) is 6.60. The molecule has 1 rings (SSSR count). The summed E-state index contributed by atoms with van der Waals surface area (Å²) in [5.41, 5.74) is 0.232. The fourth-order valence-corrected chi connectivity index (χ4v) is 2.21. The molecule has 0 spiro atoms. The maximum Gasteiger partial charge on any atom is 0.325 e. The molecule has 0 saturated heterocycles. The molecule has 5 heteroatoms. The van der Waals surface area contributed by atoms with E-state index in [1.165, 1.54) is 7.11 Å². The number of esters is 1. The van der Waals surface area contributed by atoms with E-state index < -0.39 is 5.54 Å². The third-order valence-corrected chi connectivity index (χ3v) is 3.72. The van der Waals surface area contributed by atoms with E-state index in [2.05, 4.69) is 5.32 Å². The first-order chi connectivity index (χ1) is 8.81. The number of carbonyl (C=O) groups excluding carboxylic acids is 1. The van der Waals surface area contributed by atoms with Crippen molar-refractivity contribution >= 4 is 29.2 Å². The van der Waals surface area contributed by atoms with Gasteiger partial charge in [0.2, 0.25) is 0 Å². The lowest BCUT2D eigenvalue weighted by Crippen LogP contribution is -2.48. The topological polar surface area (TPSA) is 38.3 Å². The zero-order chi connectivity index (χ0) is 14.6. The second-order valence-electron chi connectivity index (χ2n) is 4.90. The first-order valence-electron chi connectivity index (χ1n) is 6.13. The molecular weight excluding hydrogens is 285 g/mol. The molecule has 0 aromatic heterocycles. The van der Waals surface area contributed by atoms with Crippen molar-refractivity contribution in [3.05, 3.63) is 33.8 Å². The molecule has 106 valence electrons. The van der Waals surface area contributed by atoms with Crippen LogP contribution in [0.15, 0.2) is 18.2 Å². The van der Waals surface area contributed by atoms with Gasteiger partial charge in [-0.3, -0.25) is 10.1 Å². The Labute approximate surface area is 124 Å². The number of halogens is 2. The fourth-order valence-electron chi connectivity index (χ4n) is 1.90. The third kappa shape index (κ3) is 4.10. The van der Waals surface area contributed by atoms with Gasteiger partial charge in [-0.05, 0) is 38.0 Å². The van der Waals surface area contributed by atoms with E-state index in [-0.39, 0.29) is 12.0 Å². The molecule has 0 heterocycles. The van der Waals surface area contributed by atoms with Crippen molar-refractivity contribution in [2.24, 2.45) is 0 Å². The zero-order valence-electron chi connectivity index (χ0n) is 11.6. The maximum atomic E-state index is 11.7. The van der Waals surface area contributed by atoms with Crippen molar-refractivity contribution in [1.82, 2.24) is 5.32 Å². The van der Waals surface area contributed by atoms with Gasteiger partial charge in [0.25, 0.3) is 0 Å². The van der Waals surface area contributed by atoms with Crippen molar-refractivity contribution in [3.63, 3.8) is 0 Å². The van der Waals surface area contributed by atoms with Gasteiger partial charge >= 0.3 is 5.97 Å². The van der Waals surface area contributed by atoms with Crippen molar-refractivity contribution in [1.29, 1.82) is 0 Å². The molecule has 1 aromatic carbocycles. The predicted octanol–water partition coefficient (Wildman–Crippen LogP) is 3.99. The summed E-state index contributed by atoms with van der Waals surface area (Å²) in [6, 6.07) is 5.49. The molecule has 0 aliphatic rings. The van der Waals surface area contributed by atoms with Gasteiger partial charge in [0.15, 0.2) is 0 Å². The lowest BCUT2D eigenvalue weighted by Gasteiger charge is -2.29. The van der Waals surface area contributed by atoms with Crippen LogP contribution in [0.5, 0.6) is 0 Å². The van der Waals surface area contributed by atoms with E-state index in [0.717, 1.165) is 12.0 Å². The van der Waals surface area contributed by atoms with Crippen LogP contribution in [0.3, 0.4) is 0 Å². The lowest BCUT2D eigenvalue weighted by atomic mass is 9.98. The Morgan fingerprint density at radius 2 is 2.00 bits per heavy atom. The maximum absolute atomic E-state index is 11.7. The minimum absolute atomic E-state index is 0.00358. The highest BCUT2D eigenvalue weighted by molar-refractivity contribution is 6.42. The summed E-state index contributed by atoms with van der Waals surface area (Å²) in [6.45, 7) is 5.62. The molecule has 1 unspecified atom stereocenters. The number of ether oxygens (including phenoxy) is 1. The van der Waals surface area contributed by atoms with Crippen LogP contribution in [0.25, 0.3) is 0 Å². The van der Waals surface area contributed by atoms with Crippen LogP contribution in [0.1, 0.15) is 38.8 Å². The molecule has 0 fully saturated rings. The van der Waals surface area contributed by atoms with E-state index in [1.54, 1.807) is 19.9 Å². The van der Waals surface area contributed by atoms with Crippen molar-refractivity contribution < 1.29 is 9.53 Å². The number of methoxy groups -OCH3 is 1. The van der Waals surface area contributed by atoms with E-state index in [4.69, 9.17) is 27.9 Å². The summed E-state index contributed by atoms with van der Waals surface area (Å²) < 4.78 is 4.79. The van der Waals surface area contributed by atoms with Crippen LogP contribution in [0, 0.1) is 0 Å². The molecule has 0 saturated carbocycles. The average molecular weight is 304 g/mol. The van der Waals surface area contributed by atoms with E-state index in [9.17, 15) is 4.79 Å². The van der Waals surface area contributed by atoms with Crippen molar-refractivity contribution in [2.75, 3.05) is 7.11 Å². The summed E-state index contributed by atoms with van der Waals surface area (Å²) in [6.07, 6.45) is 0.818. The summed E-state index contributed by atoms with van der Waals surface area (Å²) >= 11 is 11.9. The Morgan fingerprint density at radius 1 is 1.37 bits per heavy atom. The highest BCUT2D eigenvalue weighted by atomic mass is 35.5. The van der Waals surface area contributed by atoms with E-state index in [0.29, 0.717) is 10.0 Å². The molecule has 0 amide bonds. The number of carbonyl (C=O) groups is 1. The fraction of sp³-hybridized carbons (Fsp3) is 0.500. The Morgan fingerprint density at radius 3 is 2.47 bits per heavy atom. The van der Waals surface area contributed by atoms with Crippen LogP contribution in [-0.2, 0) is 9.53 Å². The van der Waals surface area contributed by atoms with Gasteiger partial charge in [-0.25, -0.2) is 0 Å². The summed E-state index contributed by atoms with van der Waals surface area (Å²) in [7, 11) is 1.38. The number of nitrogens with one attached hydrogen (secondary N) is 1. The second-order valence-corrected chi connectivity index (χ2v) is 5.71. The Bertz CT molecular complexity index is 461. The van der Waals surface area contributed by atoms with Gasteiger partial charge in [0, 0.05) is 6.04 Å². The summed E-state index contributed by atoms with van der Waals surface area (Å²) in [5.74, 6) is -0.300. The molecule has 19 heavy (non-hydrogen) atoms. The smallest absolute Gasteiger partial charge is 0.325 e. The van der Waals surface area contributed by atoms with Gasteiger partial charge in [0.05, 0.1) is 17.2 Å². The molecule has 1 aromatic rings. The first-order valence-corrected chi connectivity index (χ1v) is 6.88. The van der Waals surface area contributed by atoms with E-state index >= 15 is 0 Å². The van der Waals surface area contributed by atoms with Gasteiger partial charge in [0.1, 0.15) is 5.54 Å². The molecule has 1 atom stereocenters. The normalized spacial score (nSPS) is 13.2. The monoisotopic (exact) mass is 303 g/mol. The number of hydrogen-bond donors (Lipinski definition) is 1. The number of benzene rings is 1. The molecule has 3 nitrogen and oxygen atoms in total. The summed E-state index contributed by atoms with van der Waals surface area (Å²) in [4.78, 5) is 11.7. The Kier molecular flexibility index (Phi) is 5.65. The van der Waals surface area contributed by atoms with Crippen molar-refractivity contribution in [3.8, 4) is 0 Å². The zero-order valence-corrected chi connectivity index (χ0v) is 13.1. The van der Waals surface area contributed by atoms with Gasteiger partial charge in [-0.15, -0.1) is 0 Å². The minimum atomic E-state index is -0.762. The van der Waals surface area contributed by atoms with Crippen LogP contribution in [0.4, 0.5) is 0 Å². The van der Waals surface area contributed by atoms with Crippen molar-refractivity contribution in [2.45, 2.75) is 38.8 Å². The molecule has 1 N–H and O–H groups in total. The predicted molar refractivity (Wildman–Crippen MR) is 78.7 cm³/mol. The van der Waals surface area contributed by atoms with Gasteiger partial charge in [-0.1, -0.05) is 36.2 Å². The Hall–Kier alpha value is -0.770. The molecule has 0 bridgehead atoms. The lowest BCUT2D eigenvalue weighted by molar-refractivity contribution is -0.147. The summed E-state index contributed by atoms with van der Waals surface area (Å²) in [5, 5.41) is 4.31. The van der Waals surface area contributed by atoms with Crippen LogP contribution < -0.4 is 5.32 Å². The van der Waals surface area contributed by atoms with Crippen LogP contribution in [-0.4, -0.2) is 18.6 Å². The molecular formula is C14H19Cl2NO2. The van der Waals surface area contributed by atoms with Gasteiger partial charge in [-0.2, -0.15) is 0 Å². The number of hydrogen-bond acceptors (Lipinski definition) is 3. The largest absolute Gasteiger partial charge is 0.468 e. The number of rotatable bonds is 5. The van der Waals surface area contributed by atoms with Crippen LogP contribution in [0.2, 0.25) is 10.0 Å². The quantitative estimate of drug-likeness (QED) is 0.836. The highest BCUT2D eigenvalue weighted by Gasteiger charge is 2.31. The first kappa shape index (κ1) is 16.3. The van der Waals surface area contributed by atoms with E-state index in [1.807, 2.05) is 19.1 Å². The Balaban J connectivity index is 2.95. The van der Waals surface area contributed by atoms with Gasteiger partial charge < -0.3 is 4.74 Å². The highest BCUT2D eigenvalue weighted by Crippen LogP contribution is 2.28. The molecule has 0 aliphatic carbocycles.